The zero-order valence-corrected chi connectivity index (χ0v) is 30.3. The maximum Gasteiger partial charge on any atom is 3.00 e. The quantitative estimate of drug-likeness (QED) is 0.110. The van der Waals surface area contributed by atoms with Crippen molar-refractivity contribution in [1.82, 2.24) is 124 Å². The maximum absolute atomic E-state index is 3.48. The number of hydrogen-bond acceptors (Lipinski definition) is 24. The van der Waals surface area contributed by atoms with Crippen molar-refractivity contribution < 1.29 is 164 Å². The summed E-state index contributed by atoms with van der Waals surface area (Å²) in [6.07, 6.45) is 0. The number of nitrogens with zero attached hydrogens (tertiary/aromatic N) is 30. The minimum atomic E-state index is 0. The molecule has 2 radical (unpaired) electrons. The summed E-state index contributed by atoms with van der Waals surface area (Å²) in [5, 5.41) is 99.8. The molecule has 6 aromatic rings. The van der Waals surface area contributed by atoms with Crippen LogP contribution in [-0.4, -0.2) is 93.2 Å². The Bertz CT molecular complexity index is 1150. The van der Waals surface area contributed by atoms with Gasteiger partial charge < -0.3 is 87.6 Å². The third-order valence-corrected chi connectivity index (χ3v) is 2.54. The summed E-state index contributed by atoms with van der Waals surface area (Å²) < 4.78 is 0. The van der Waals surface area contributed by atoms with E-state index in [0.29, 0.717) is 0 Å². The Morgan fingerprint density at radius 1 is 0.222 bits per heavy atom. The second kappa shape index (κ2) is 57.5. The molecule has 0 amide bonds. The molecule has 48 heteroatoms. The van der Waals surface area contributed by atoms with Crippen molar-refractivity contribution in [1.29, 1.82) is 0 Å². The second-order valence-corrected chi connectivity index (χ2v) is 4.67. The molecule has 0 bridgehead atoms. The molecule has 0 fully saturated rings. The third kappa shape index (κ3) is 36.9. The molecule has 0 aliphatic rings. The van der Waals surface area contributed by atoms with E-state index in [1.165, 1.54) is 0 Å². The molecule has 6 heterocycles. The first-order chi connectivity index (χ1) is 17.8. The van der Waals surface area contributed by atoms with Crippen LogP contribution in [0.4, 0.5) is 35.7 Å². The molecule has 0 aliphatic carbocycles. The summed E-state index contributed by atoms with van der Waals surface area (Å²) in [5.41, 5.74) is 0. The molecule has 322 valence electrons. The number of rotatable bonds is 6. The van der Waals surface area contributed by atoms with E-state index in [2.05, 4.69) is 154 Å². The van der Waals surface area contributed by atoms with Gasteiger partial charge >= 0.3 is 76.3 Å². The molecule has 0 unspecified atom stereocenters. The van der Waals surface area contributed by atoms with E-state index in [9.17, 15) is 0 Å². The van der Waals surface area contributed by atoms with Gasteiger partial charge in [0, 0.05) is 0 Å². The molecule has 0 spiro atoms. The van der Waals surface area contributed by atoms with Crippen LogP contribution in [0.15, 0.2) is 30.7 Å². The van der Waals surface area contributed by atoms with E-state index in [4.69, 9.17) is 0 Å². The third-order valence-electron chi connectivity index (χ3n) is 2.54. The van der Waals surface area contributed by atoms with Crippen molar-refractivity contribution in [3.05, 3.63) is 0 Å². The van der Waals surface area contributed by atoms with Gasteiger partial charge in [-0.25, -0.2) is 30.6 Å². The van der Waals surface area contributed by atoms with Crippen molar-refractivity contribution in [2.24, 2.45) is 30.7 Å². The Morgan fingerprint density at radius 2 is 0.333 bits per heavy atom. The molecular formula is C6H48Dy2N30O16+16. The van der Waals surface area contributed by atoms with E-state index in [1.807, 2.05) is 0 Å². The van der Waals surface area contributed by atoms with Gasteiger partial charge in [-0.15, -0.1) is 31.3 Å². The van der Waals surface area contributed by atoms with Gasteiger partial charge in [-0.1, -0.05) is 0 Å². The van der Waals surface area contributed by atoms with E-state index < -0.39 is 0 Å². The Morgan fingerprint density at radius 3 is 0.407 bits per heavy atom. The van der Waals surface area contributed by atoms with Crippen LogP contribution in [0, 0.1) is 76.3 Å². The summed E-state index contributed by atoms with van der Waals surface area (Å²) in [6.45, 7) is 0. The van der Waals surface area contributed by atoms with Crippen LogP contribution in [0.25, 0.3) is 0 Å². The zero-order valence-electron chi connectivity index (χ0n) is 26.3. The van der Waals surface area contributed by atoms with E-state index >= 15 is 0 Å². The Hall–Kier alpha value is -4.87. The molecule has 54 heavy (non-hydrogen) atoms. The molecule has 0 atom stereocenters. The Balaban J connectivity index is -0.0000000279. The van der Waals surface area contributed by atoms with E-state index in [1.54, 1.807) is 0 Å². The molecule has 0 aromatic carbocycles. The van der Waals surface area contributed by atoms with Gasteiger partial charge in [-0.3, -0.25) is 61.3 Å². The smallest absolute Gasteiger partial charge is 0.457 e. The predicted molar refractivity (Wildman–Crippen MR) is 169 cm³/mol. The maximum atomic E-state index is 3.48. The summed E-state index contributed by atoms with van der Waals surface area (Å²) in [4.78, 5) is 0. The fourth-order valence-electron chi connectivity index (χ4n) is 1.35. The van der Waals surface area contributed by atoms with Gasteiger partial charge in [0.1, 0.15) is 35.7 Å². The number of aromatic nitrogens is 24. The number of hydrogen-bond donors (Lipinski definition) is 0. The van der Waals surface area contributed by atoms with Crippen LogP contribution in [0.5, 0.6) is 0 Å². The van der Waals surface area contributed by atoms with Crippen molar-refractivity contribution in [3.63, 3.8) is 0 Å². The Labute approximate surface area is 351 Å². The van der Waals surface area contributed by atoms with Gasteiger partial charge in [-0.2, -0.15) is 31.3 Å². The fraction of sp³-hybridized carbons (Fsp3) is 0. The first-order valence-corrected chi connectivity index (χ1v) is 8.22. The summed E-state index contributed by atoms with van der Waals surface area (Å²) in [6, 6.07) is 0. The van der Waals surface area contributed by atoms with Gasteiger partial charge in [0.15, 0.2) is 0 Å². The first-order valence-electron chi connectivity index (χ1n) is 8.22. The van der Waals surface area contributed by atoms with E-state index in [0.717, 1.165) is 0 Å². The summed E-state index contributed by atoms with van der Waals surface area (Å²) >= 11 is 0. The minimum Gasteiger partial charge on any atom is -0.457 e. The second-order valence-electron chi connectivity index (χ2n) is 4.67. The van der Waals surface area contributed by atoms with Crippen LogP contribution < -0.4 is 30.6 Å². The largest absolute Gasteiger partial charge is 3.00 e. The molecule has 6 rings (SSSR count). The van der Waals surface area contributed by atoms with Crippen LogP contribution in [-0.2, 0) is 87.6 Å². The van der Waals surface area contributed by atoms with Gasteiger partial charge in [0.2, 0.25) is 0 Å². The molecule has 46 nitrogen and oxygen atoms in total. The molecule has 6 aromatic heterocycles. The molecule has 0 aliphatic heterocycles. The topological polar surface area (TPSA) is 919 Å². The molecule has 0 saturated carbocycles. The zero-order chi connectivity index (χ0) is 24.7. The van der Waals surface area contributed by atoms with E-state index in [-0.39, 0.29) is 200 Å². The van der Waals surface area contributed by atoms with Gasteiger partial charge in [-0.05, 0) is 0 Å². The van der Waals surface area contributed by atoms with Crippen molar-refractivity contribution in [2.75, 3.05) is 0 Å². The molecule has 0 saturated heterocycles. The summed E-state index contributed by atoms with van der Waals surface area (Å²) in [5.74, 6) is 0.249. The average Bonchev–Trinajstić information content (AvgIpc) is 3.78. The van der Waals surface area contributed by atoms with Crippen LogP contribution in [0.3, 0.4) is 0 Å². The normalized spacial score (nSPS) is 7.33. The Kier molecular flexibility index (Phi) is 104. The van der Waals surface area contributed by atoms with Crippen molar-refractivity contribution in [3.8, 4) is 0 Å². The fourth-order valence-corrected chi connectivity index (χ4v) is 1.35. The average molecular weight is 1120 g/mol. The molecular weight excluding hydrogens is 1070 g/mol. The first kappa shape index (κ1) is 97.7. The molecule has 48 N–H and O–H groups in total. The van der Waals surface area contributed by atoms with Crippen LogP contribution in [0.1, 0.15) is 0 Å². The minimum absolute atomic E-state index is 0. The number of azo groups is 3. The SMILES string of the molecule is N(=N\c1nnn[n-]1)/c1nnn[n-]1.N(=N\c1nnn[n-]1)/c1nnn[n-]1.N(=N\c1nnn[n-]1)/c1nnn[n-]1.[Dy+3].[Dy+3].[OH3+].[OH3+].[OH3+].[OH3+].[OH3+].[OH3+].[OH3+].[OH3+].[OH3+].[OH3+].[OH3+].[OH3+].[OH3+].[OH3+].[OH3+].[OH3+]. The van der Waals surface area contributed by atoms with Crippen molar-refractivity contribution in [2.45, 2.75) is 0 Å². The van der Waals surface area contributed by atoms with Crippen LogP contribution in [0.2, 0.25) is 0 Å². The van der Waals surface area contributed by atoms with Crippen molar-refractivity contribution >= 4 is 35.7 Å². The summed E-state index contributed by atoms with van der Waals surface area (Å²) in [7, 11) is 0. The van der Waals surface area contributed by atoms with Gasteiger partial charge in [0.05, 0.1) is 0 Å². The predicted octanol–water partition coefficient (Wildman–Crippen LogP) is -19.6. The van der Waals surface area contributed by atoms with Crippen LogP contribution >= 0.6 is 0 Å². The standard InChI is InChI=1S/3C2N10.2Dy.16H2O/c3*3(1-5-9-10-6-1)4-2-7-11-12-8-2;;;;;;;;;;;;;;;;;;/h;;;;;16*1H2/q3*-2;2*+3;;;;;;;;;;;;;;;;/p+16/b3*4-3+;;;;;;;;;;;;;;;;;;. The monoisotopic (exact) mass is 1120 g/mol. The number of tetrazole rings is 6. The van der Waals surface area contributed by atoms with Gasteiger partial charge in [0.25, 0.3) is 0 Å².